The number of thiocarbonyl (C=S) groups is 1. The van der Waals surface area contributed by atoms with E-state index < -0.39 is 0 Å². The van der Waals surface area contributed by atoms with Crippen LogP contribution in [0.5, 0.6) is 0 Å². The number of aryl methyl sites for hydroxylation is 1. The van der Waals surface area contributed by atoms with E-state index in [0.717, 1.165) is 17.3 Å². The number of rotatable bonds is 5. The van der Waals surface area contributed by atoms with Crippen molar-refractivity contribution >= 4 is 23.2 Å². The molecule has 18 heavy (non-hydrogen) atoms. The van der Waals surface area contributed by atoms with E-state index in [1.807, 2.05) is 24.9 Å². The average molecular weight is 266 g/mol. The van der Waals surface area contributed by atoms with E-state index in [0.29, 0.717) is 17.3 Å². The van der Waals surface area contributed by atoms with Crippen molar-refractivity contribution < 1.29 is 0 Å². The van der Waals surface area contributed by atoms with Crippen molar-refractivity contribution in [2.75, 3.05) is 11.9 Å². The first-order chi connectivity index (χ1) is 8.31. The van der Waals surface area contributed by atoms with Crippen LogP contribution in [0.1, 0.15) is 44.5 Å². The lowest BCUT2D eigenvalue weighted by Gasteiger charge is -2.25. The third-order valence-corrected chi connectivity index (χ3v) is 3.09. The molecule has 5 heteroatoms. The molecule has 0 aliphatic rings. The number of anilines is 1. The third kappa shape index (κ3) is 3.91. The third-order valence-electron chi connectivity index (χ3n) is 2.93. The van der Waals surface area contributed by atoms with E-state index in [-0.39, 0.29) is 6.04 Å². The molecule has 0 radical (unpaired) electrons. The van der Waals surface area contributed by atoms with Gasteiger partial charge in [-0.3, -0.25) is 0 Å². The highest BCUT2D eigenvalue weighted by Crippen LogP contribution is 2.18. The van der Waals surface area contributed by atoms with Crippen LogP contribution in [0.3, 0.4) is 0 Å². The molecule has 0 aromatic carbocycles. The van der Waals surface area contributed by atoms with Crippen LogP contribution in [0.2, 0.25) is 0 Å². The highest BCUT2D eigenvalue weighted by atomic mass is 32.1. The maximum Gasteiger partial charge on any atom is 0.225 e. The van der Waals surface area contributed by atoms with Crippen LogP contribution in [0.4, 0.5) is 5.95 Å². The van der Waals surface area contributed by atoms with Crippen molar-refractivity contribution in [3.8, 4) is 0 Å². The smallest absolute Gasteiger partial charge is 0.225 e. The van der Waals surface area contributed by atoms with E-state index in [2.05, 4.69) is 30.7 Å². The van der Waals surface area contributed by atoms with Gasteiger partial charge >= 0.3 is 0 Å². The molecule has 0 bridgehead atoms. The van der Waals surface area contributed by atoms with E-state index >= 15 is 0 Å². The van der Waals surface area contributed by atoms with E-state index in [9.17, 15) is 0 Å². The Kier molecular flexibility index (Phi) is 5.02. The first-order valence-corrected chi connectivity index (χ1v) is 6.58. The lowest BCUT2D eigenvalue weighted by molar-refractivity contribution is 0.683. The van der Waals surface area contributed by atoms with Gasteiger partial charge in [0.15, 0.2) is 0 Å². The molecule has 0 aliphatic heterocycles. The Morgan fingerprint density at radius 3 is 2.50 bits per heavy atom. The van der Waals surface area contributed by atoms with Crippen molar-refractivity contribution in [2.24, 2.45) is 5.73 Å². The van der Waals surface area contributed by atoms with Gasteiger partial charge in [-0.2, -0.15) is 0 Å². The minimum absolute atomic E-state index is 0.198. The van der Waals surface area contributed by atoms with Gasteiger partial charge in [0.25, 0.3) is 0 Å². The van der Waals surface area contributed by atoms with Gasteiger partial charge in [-0.1, -0.05) is 26.1 Å². The van der Waals surface area contributed by atoms with Crippen molar-refractivity contribution in [3.05, 3.63) is 17.5 Å². The van der Waals surface area contributed by atoms with Gasteiger partial charge in [0.05, 0.1) is 4.99 Å². The number of hydrogen-bond donors (Lipinski definition) is 1. The van der Waals surface area contributed by atoms with Crippen molar-refractivity contribution in [1.29, 1.82) is 0 Å². The number of nitrogens with zero attached hydrogens (tertiary/aromatic N) is 3. The second-order valence-electron chi connectivity index (χ2n) is 5.02. The molecule has 0 aliphatic carbocycles. The Balaban J connectivity index is 2.97. The Morgan fingerprint density at radius 2 is 2.00 bits per heavy atom. The Labute approximate surface area is 115 Å². The van der Waals surface area contributed by atoms with Gasteiger partial charge in [0, 0.05) is 30.9 Å². The maximum atomic E-state index is 5.58. The van der Waals surface area contributed by atoms with Crippen molar-refractivity contribution in [2.45, 2.75) is 46.1 Å². The summed E-state index contributed by atoms with van der Waals surface area (Å²) in [6.45, 7) is 8.32. The number of nitrogens with two attached hydrogens (primary N) is 1. The lowest BCUT2D eigenvalue weighted by Crippen LogP contribution is -2.34. The molecule has 4 nitrogen and oxygen atoms in total. The maximum absolute atomic E-state index is 5.58. The molecule has 0 fully saturated rings. The van der Waals surface area contributed by atoms with Crippen molar-refractivity contribution in [1.82, 2.24) is 9.97 Å². The van der Waals surface area contributed by atoms with Gasteiger partial charge in [0.2, 0.25) is 5.95 Å². The Hall–Kier alpha value is -1.23. The zero-order valence-corrected chi connectivity index (χ0v) is 12.6. The summed E-state index contributed by atoms with van der Waals surface area (Å²) < 4.78 is 0. The summed E-state index contributed by atoms with van der Waals surface area (Å²) in [6.07, 6.45) is 0.667. The van der Waals surface area contributed by atoms with Crippen LogP contribution >= 0.6 is 12.2 Å². The molecule has 0 saturated carbocycles. The van der Waals surface area contributed by atoms with E-state index in [1.165, 1.54) is 0 Å². The summed E-state index contributed by atoms with van der Waals surface area (Å²) in [5.74, 6) is 1.13. The molecule has 1 atom stereocenters. The fourth-order valence-corrected chi connectivity index (χ4v) is 1.90. The number of hydrogen-bond acceptors (Lipinski definition) is 4. The average Bonchev–Trinajstić information content (AvgIpc) is 2.26. The molecule has 1 aromatic heterocycles. The minimum atomic E-state index is 0.198. The van der Waals surface area contributed by atoms with E-state index in [1.54, 1.807) is 0 Å². The van der Waals surface area contributed by atoms with Gasteiger partial charge in [-0.05, 0) is 25.8 Å². The largest absolute Gasteiger partial charge is 0.393 e. The summed E-state index contributed by atoms with van der Waals surface area (Å²) in [7, 11) is 1.97. The fraction of sp³-hybridized carbons (Fsp3) is 0.615. The molecule has 1 aromatic rings. The van der Waals surface area contributed by atoms with Crippen LogP contribution in [-0.2, 0) is 0 Å². The van der Waals surface area contributed by atoms with Gasteiger partial charge < -0.3 is 10.6 Å². The molecular weight excluding hydrogens is 244 g/mol. The second kappa shape index (κ2) is 6.09. The zero-order chi connectivity index (χ0) is 13.9. The fourth-order valence-electron chi connectivity index (χ4n) is 1.66. The van der Waals surface area contributed by atoms with Crippen LogP contribution in [-0.4, -0.2) is 28.0 Å². The summed E-state index contributed by atoms with van der Waals surface area (Å²) in [5, 5.41) is 0. The van der Waals surface area contributed by atoms with Crippen LogP contribution in [0.15, 0.2) is 6.07 Å². The van der Waals surface area contributed by atoms with Crippen LogP contribution < -0.4 is 10.6 Å². The monoisotopic (exact) mass is 266 g/mol. The number of aromatic nitrogens is 2. The summed E-state index contributed by atoms with van der Waals surface area (Å²) >= 11 is 4.94. The molecule has 0 spiro atoms. The highest BCUT2D eigenvalue weighted by molar-refractivity contribution is 7.80. The highest BCUT2D eigenvalue weighted by Gasteiger charge is 2.15. The minimum Gasteiger partial charge on any atom is -0.393 e. The first-order valence-electron chi connectivity index (χ1n) is 6.18. The molecule has 1 unspecified atom stereocenters. The van der Waals surface area contributed by atoms with Crippen LogP contribution in [0, 0.1) is 6.92 Å². The Bertz CT molecular complexity index is 431. The van der Waals surface area contributed by atoms with Gasteiger partial charge in [0.1, 0.15) is 0 Å². The predicted molar refractivity (Wildman–Crippen MR) is 80.1 cm³/mol. The van der Waals surface area contributed by atoms with E-state index in [4.69, 9.17) is 18.0 Å². The second-order valence-corrected chi connectivity index (χ2v) is 5.54. The Morgan fingerprint density at radius 1 is 1.39 bits per heavy atom. The van der Waals surface area contributed by atoms with Gasteiger partial charge in [-0.15, -0.1) is 0 Å². The molecule has 1 rings (SSSR count). The van der Waals surface area contributed by atoms with Crippen LogP contribution in [0.25, 0.3) is 0 Å². The quantitative estimate of drug-likeness (QED) is 0.829. The molecular formula is C13H22N4S. The summed E-state index contributed by atoms with van der Waals surface area (Å²) in [6, 6.07) is 2.23. The zero-order valence-electron chi connectivity index (χ0n) is 11.8. The molecule has 2 N–H and O–H groups in total. The molecule has 100 valence electrons. The standard InChI is InChI=1S/C13H22N4S/c1-8(2)11-6-9(3)15-13(16-11)17(5)10(4)7-12(14)18/h6,8,10H,7H2,1-5H3,(H2,14,18). The molecule has 0 amide bonds. The van der Waals surface area contributed by atoms with Gasteiger partial charge in [-0.25, -0.2) is 9.97 Å². The molecule has 0 saturated heterocycles. The summed E-state index contributed by atoms with van der Waals surface area (Å²) in [4.78, 5) is 11.6. The van der Waals surface area contributed by atoms with Crippen molar-refractivity contribution in [3.63, 3.8) is 0 Å². The lowest BCUT2D eigenvalue weighted by atomic mass is 10.1. The SMILES string of the molecule is Cc1cc(C(C)C)nc(N(C)C(C)CC(N)=S)n1. The first kappa shape index (κ1) is 14.8. The normalized spacial score (nSPS) is 12.6. The molecule has 1 heterocycles. The topological polar surface area (TPSA) is 55.0 Å². The predicted octanol–water partition coefficient (Wildman–Crippen LogP) is 2.41. The summed E-state index contributed by atoms with van der Waals surface area (Å²) in [5.41, 5.74) is 7.63.